The number of rotatable bonds is 12. The number of anilines is 5. The summed E-state index contributed by atoms with van der Waals surface area (Å²) in [6.45, 7) is 7.35. The van der Waals surface area contributed by atoms with Crippen LogP contribution in [0.1, 0.15) is 30.2 Å². The molecular weight excluding hydrogens is 841 g/mol. The van der Waals surface area contributed by atoms with Crippen LogP contribution in [0.25, 0.3) is 0 Å². The molecule has 1 aromatic heterocycles. The van der Waals surface area contributed by atoms with Crippen LogP contribution in [0.15, 0.2) is 121 Å². The average molecular weight is 891 g/mol. The fourth-order valence-electron chi connectivity index (χ4n) is 10.5. The van der Waals surface area contributed by atoms with Gasteiger partial charge < -0.3 is 29.0 Å². The summed E-state index contributed by atoms with van der Waals surface area (Å²) in [5.74, 6) is 1.11. The number of aliphatic hydroxyl groups excluding tert-OH is 1. The smallest absolute Gasteiger partial charge is 0.269 e. The van der Waals surface area contributed by atoms with Gasteiger partial charge in [0.25, 0.3) is 17.7 Å². The van der Waals surface area contributed by atoms with Gasteiger partial charge in [-0.2, -0.15) is 0 Å². The number of carbonyl (C=O) groups excluding carboxylic acids is 3. The summed E-state index contributed by atoms with van der Waals surface area (Å²) in [6, 6.07) is 36.7. The van der Waals surface area contributed by atoms with E-state index in [4.69, 9.17) is 18.9 Å². The summed E-state index contributed by atoms with van der Waals surface area (Å²) in [5.41, 5.74) is 4.09. The fraction of sp³-hybridized carbons (Fsp3) is 0.300. The number of carbonyl (C=O) groups is 3. The van der Waals surface area contributed by atoms with Crippen LogP contribution in [0.2, 0.25) is 18.6 Å². The lowest BCUT2D eigenvalue weighted by Crippen LogP contribution is -2.51. The topological polar surface area (TPSA) is 149 Å². The summed E-state index contributed by atoms with van der Waals surface area (Å²) >= 11 is 0. The van der Waals surface area contributed by atoms with E-state index in [0.717, 1.165) is 11.3 Å². The molecule has 0 unspecified atom stereocenters. The highest BCUT2D eigenvalue weighted by molar-refractivity contribution is 6.91. The molecule has 0 radical (unpaired) electrons. The maximum Gasteiger partial charge on any atom is 0.269 e. The highest BCUT2D eigenvalue weighted by Gasteiger charge is 2.66. The molecule has 1 saturated heterocycles. The average Bonchev–Trinajstić information content (AvgIpc) is 3.97. The quantitative estimate of drug-likeness (QED) is 0.130. The van der Waals surface area contributed by atoms with Crippen molar-refractivity contribution < 1.29 is 38.4 Å². The molecule has 1 fully saturated rings. The number of aromatic nitrogens is 3. The first-order valence-corrected chi connectivity index (χ1v) is 25.1. The van der Waals surface area contributed by atoms with Crippen LogP contribution in [0.3, 0.4) is 0 Å². The van der Waals surface area contributed by atoms with Gasteiger partial charge in [0.1, 0.15) is 17.2 Å². The Morgan fingerprint density at radius 2 is 1.43 bits per heavy atom. The van der Waals surface area contributed by atoms with E-state index >= 15 is 4.79 Å². The van der Waals surface area contributed by atoms with Crippen molar-refractivity contribution in [1.82, 2.24) is 15.0 Å². The highest BCUT2D eigenvalue weighted by atomic mass is 28.3. The Morgan fingerprint density at radius 1 is 0.800 bits per heavy atom. The van der Waals surface area contributed by atoms with Crippen molar-refractivity contribution in [2.75, 3.05) is 41.6 Å². The molecule has 15 heteroatoms. The minimum Gasteiger partial charge on any atom is -0.497 e. The van der Waals surface area contributed by atoms with Gasteiger partial charge in [-0.05, 0) is 84.3 Å². The lowest BCUT2D eigenvalue weighted by Gasteiger charge is -2.37. The first kappa shape index (κ1) is 42.2. The number of hydrogen-bond acceptors (Lipinski definition) is 10. The zero-order valence-electron chi connectivity index (χ0n) is 36.7. The number of fused-ring (bicyclic) bond motifs is 4. The van der Waals surface area contributed by atoms with Crippen molar-refractivity contribution in [1.29, 1.82) is 0 Å². The number of aryl methyl sites for hydroxylation is 1. The van der Waals surface area contributed by atoms with E-state index in [0.29, 0.717) is 70.6 Å². The normalized spacial score (nSPS) is 21.3. The summed E-state index contributed by atoms with van der Waals surface area (Å²) < 4.78 is 26.3. The Labute approximate surface area is 377 Å². The molecule has 6 aromatic rings. The molecule has 4 atom stereocenters. The number of methoxy groups -OCH3 is 1. The van der Waals surface area contributed by atoms with E-state index in [1.54, 1.807) is 21.6 Å². The maximum absolute atomic E-state index is 15.8. The third-order valence-corrected chi connectivity index (χ3v) is 18.0. The Hall–Kier alpha value is -6.81. The Kier molecular flexibility index (Phi) is 10.8. The molecule has 10 rings (SSSR count). The predicted molar refractivity (Wildman–Crippen MR) is 247 cm³/mol. The third-order valence-electron chi connectivity index (χ3n) is 13.6. The van der Waals surface area contributed by atoms with Crippen molar-refractivity contribution in [2.24, 2.45) is 5.92 Å². The lowest BCUT2D eigenvalue weighted by molar-refractivity contribution is -0.146. The molecule has 65 heavy (non-hydrogen) atoms. The maximum atomic E-state index is 15.8. The molecular formula is C50H50N6O8Si. The number of amides is 3. The van der Waals surface area contributed by atoms with Gasteiger partial charge in [-0.25, -0.2) is 0 Å². The summed E-state index contributed by atoms with van der Waals surface area (Å²) in [5, 5.41) is 19.4. The largest absolute Gasteiger partial charge is 0.497 e. The Balaban J connectivity index is 1.07. The van der Waals surface area contributed by atoms with E-state index in [1.165, 1.54) is 5.19 Å². The molecule has 4 aliphatic rings. The zero-order chi connectivity index (χ0) is 45.0. The number of nitrogens with zero attached hydrogens (tertiary/aromatic N) is 6. The second-order valence-corrected chi connectivity index (χ2v) is 22.3. The van der Waals surface area contributed by atoms with Gasteiger partial charge in [0.15, 0.2) is 18.8 Å². The van der Waals surface area contributed by atoms with Crippen molar-refractivity contribution in [3.8, 4) is 17.2 Å². The van der Waals surface area contributed by atoms with Crippen LogP contribution < -0.4 is 34.1 Å². The molecule has 332 valence electrons. The van der Waals surface area contributed by atoms with E-state index in [9.17, 15) is 14.7 Å². The van der Waals surface area contributed by atoms with Gasteiger partial charge in [0.05, 0.1) is 50.6 Å². The zero-order valence-corrected chi connectivity index (χ0v) is 37.7. The van der Waals surface area contributed by atoms with Gasteiger partial charge in [0.2, 0.25) is 0 Å². The first-order chi connectivity index (χ1) is 31.5. The monoisotopic (exact) mass is 890 g/mol. The van der Waals surface area contributed by atoms with Gasteiger partial charge >= 0.3 is 0 Å². The van der Waals surface area contributed by atoms with E-state index in [1.807, 2.05) is 114 Å². The molecule has 5 aromatic carbocycles. The molecule has 0 saturated carbocycles. The number of hydrogen-bond donors (Lipinski definition) is 1. The first-order valence-electron chi connectivity index (χ1n) is 22.0. The van der Waals surface area contributed by atoms with Crippen molar-refractivity contribution in [2.45, 2.75) is 63.2 Å². The van der Waals surface area contributed by atoms with E-state index in [2.05, 4.69) is 42.5 Å². The predicted octanol–water partition coefficient (Wildman–Crippen LogP) is 6.79. The van der Waals surface area contributed by atoms with E-state index < -0.39 is 13.7 Å². The molecule has 3 amide bonds. The molecule has 0 aliphatic carbocycles. The second-order valence-electron chi connectivity index (χ2n) is 17.6. The number of aliphatic hydroxyl groups is 1. The third kappa shape index (κ3) is 7.14. The van der Waals surface area contributed by atoms with Crippen molar-refractivity contribution in [3.63, 3.8) is 0 Å². The van der Waals surface area contributed by atoms with Crippen LogP contribution in [0.5, 0.6) is 17.2 Å². The molecule has 1 N–H and O–H groups in total. The lowest BCUT2D eigenvalue weighted by atomic mass is 9.82. The molecule has 1 spiro atoms. The fourth-order valence-corrected chi connectivity index (χ4v) is 14.6. The molecule has 5 heterocycles. The van der Waals surface area contributed by atoms with Crippen LogP contribution in [-0.2, 0) is 44.2 Å². The summed E-state index contributed by atoms with van der Waals surface area (Å²) in [4.78, 5) is 47.9. The van der Waals surface area contributed by atoms with Crippen molar-refractivity contribution >= 4 is 59.4 Å². The molecule has 4 aliphatic heterocycles. The van der Waals surface area contributed by atoms with Crippen LogP contribution in [0, 0.1) is 5.92 Å². The molecule has 14 nitrogen and oxygen atoms in total. The van der Waals surface area contributed by atoms with Gasteiger partial charge in [-0.1, -0.05) is 78.9 Å². The van der Waals surface area contributed by atoms with E-state index in [-0.39, 0.29) is 61.6 Å². The minimum absolute atomic E-state index is 0.0257. The van der Waals surface area contributed by atoms with Gasteiger partial charge in [-0.15, -0.1) is 5.10 Å². The summed E-state index contributed by atoms with van der Waals surface area (Å²) in [7, 11) is -0.846. The summed E-state index contributed by atoms with van der Waals surface area (Å²) in [6.07, 6.45) is 2.43. The van der Waals surface area contributed by atoms with Crippen LogP contribution >= 0.6 is 0 Å². The number of benzene rings is 5. The molecule has 0 bridgehead atoms. The standard InChI is InChI=1S/C50H50N6O8Si/c1-32-48(65(3,4)38-20-18-37(61-2)19-21-38)45(23-25-53-29-34(24-26-57)51-52-53)64-50(32)39-27-36(56-42-10-6-8-12-44(42)63-31-47(56)59)17-22-40(39)54(49(50)60)28-33-13-15-35(16-14-33)55-41-9-5-7-11-43(41)62-30-46(55)58/h5-22,27,29,32,45,48,57H,23-26,28,30-31H2,1-4H3/t32-,45+,48-,50+/m1/s1. The Morgan fingerprint density at radius 3 is 2.08 bits per heavy atom. The SMILES string of the molecule is COc1ccc([Si](C)(C)[C@H]2[C@H](CCn3cc(CCO)nn3)O[C@@]3(C(=O)N(Cc4ccc(N5C(=O)COc6ccccc65)cc4)c4ccc(N5C(=O)COc6ccccc65)cc43)[C@@H]2C)cc1. The van der Waals surface area contributed by atoms with Crippen LogP contribution in [-0.4, -0.2) is 78.9 Å². The number of para-hydroxylation sites is 4. The van der Waals surface area contributed by atoms with Gasteiger partial charge in [-0.3, -0.25) is 28.9 Å². The minimum atomic E-state index is -2.50. The van der Waals surface area contributed by atoms with Crippen LogP contribution in [0.4, 0.5) is 28.4 Å². The second kappa shape index (κ2) is 16.6. The Bertz CT molecular complexity index is 2800. The van der Waals surface area contributed by atoms with Gasteiger partial charge in [0, 0.05) is 48.6 Å². The highest BCUT2D eigenvalue weighted by Crippen LogP contribution is 2.61. The number of ether oxygens (including phenoxy) is 4. The van der Waals surface area contributed by atoms with Crippen molar-refractivity contribution in [3.05, 3.63) is 138 Å².